The van der Waals surface area contributed by atoms with E-state index in [4.69, 9.17) is 0 Å². The molecule has 0 saturated carbocycles. The van der Waals surface area contributed by atoms with Gasteiger partial charge in [0.2, 0.25) is 5.60 Å². The molecule has 0 saturated heterocycles. The van der Waals surface area contributed by atoms with Gasteiger partial charge in [-0.25, -0.2) is 4.79 Å². The Hall–Kier alpha value is -1.00. The van der Waals surface area contributed by atoms with Crippen LogP contribution >= 0.6 is 0 Å². The summed E-state index contributed by atoms with van der Waals surface area (Å²) in [5.74, 6) is -1.76. The largest absolute Gasteiger partial charge is 0.442 e. The first-order valence-electron chi connectivity index (χ1n) is 3.78. The summed E-state index contributed by atoms with van der Waals surface area (Å²) in [6.45, 7) is 2.72. The van der Waals surface area contributed by atoms with Crippen LogP contribution in [0.5, 0.6) is 0 Å². The molecule has 0 bridgehead atoms. The fraction of sp³-hybridized carbons (Fsp3) is 0.625. The molecular weight excluding hydrogens is 185 g/mol. The highest BCUT2D eigenvalue weighted by atomic mass is 19.4. The highest BCUT2D eigenvalue weighted by Crippen LogP contribution is 2.43. The van der Waals surface area contributed by atoms with Gasteiger partial charge in [0.1, 0.15) is 0 Å². The Labute approximate surface area is 73.4 Å². The summed E-state index contributed by atoms with van der Waals surface area (Å²) in [6.07, 6.45) is -2.96. The molecule has 2 nitrogen and oxygen atoms in total. The Kier molecular flexibility index (Phi) is 2.13. The standard InChI is InChI=1S/C8H9F3O2/c1-5(2)7(8(9,10)11)4-3-6(12)13-7/h3-5H,1-2H3/t7-/m0/s1. The average molecular weight is 194 g/mol. The van der Waals surface area contributed by atoms with Crippen molar-refractivity contribution in [1.29, 1.82) is 0 Å². The van der Waals surface area contributed by atoms with Gasteiger partial charge >= 0.3 is 12.1 Å². The lowest BCUT2D eigenvalue weighted by Crippen LogP contribution is -2.48. The minimum absolute atomic E-state index is 0.778. The normalized spacial score (nSPS) is 28.3. The molecule has 0 unspecified atom stereocenters. The molecule has 0 radical (unpaired) electrons. The van der Waals surface area contributed by atoms with Gasteiger partial charge < -0.3 is 4.74 Å². The van der Waals surface area contributed by atoms with Crippen molar-refractivity contribution in [1.82, 2.24) is 0 Å². The summed E-state index contributed by atoms with van der Waals surface area (Å²) in [7, 11) is 0. The molecule has 1 aliphatic heterocycles. The molecule has 1 heterocycles. The summed E-state index contributed by atoms with van der Waals surface area (Å²) in [6, 6.07) is 0. The Bertz CT molecular complexity index is 255. The SMILES string of the molecule is CC(C)[C@]1(C(F)(F)F)C=CC(=O)O1. The number of cyclic esters (lactones) is 1. The summed E-state index contributed by atoms with van der Waals surface area (Å²) in [5.41, 5.74) is -2.43. The number of alkyl halides is 3. The molecule has 74 valence electrons. The monoisotopic (exact) mass is 194 g/mol. The molecule has 1 rings (SSSR count). The maximum absolute atomic E-state index is 12.5. The van der Waals surface area contributed by atoms with E-state index in [1.165, 1.54) is 13.8 Å². The zero-order valence-corrected chi connectivity index (χ0v) is 7.18. The molecule has 0 spiro atoms. The van der Waals surface area contributed by atoms with E-state index in [2.05, 4.69) is 4.74 Å². The molecule has 0 aromatic heterocycles. The molecule has 0 amide bonds. The van der Waals surface area contributed by atoms with Crippen molar-refractivity contribution in [2.45, 2.75) is 25.6 Å². The van der Waals surface area contributed by atoms with Crippen molar-refractivity contribution in [3.8, 4) is 0 Å². The van der Waals surface area contributed by atoms with Crippen LogP contribution in [0.2, 0.25) is 0 Å². The number of hydrogen-bond donors (Lipinski definition) is 0. The van der Waals surface area contributed by atoms with Crippen LogP contribution in [0.1, 0.15) is 13.8 Å². The maximum Gasteiger partial charge on any atom is 0.432 e. The van der Waals surface area contributed by atoms with E-state index < -0.39 is 23.7 Å². The molecule has 0 aromatic carbocycles. The third kappa shape index (κ3) is 1.43. The van der Waals surface area contributed by atoms with E-state index in [0.717, 1.165) is 12.2 Å². The van der Waals surface area contributed by atoms with Gasteiger partial charge in [0.05, 0.1) is 0 Å². The van der Waals surface area contributed by atoms with Gasteiger partial charge in [-0.05, 0) is 6.08 Å². The predicted octanol–water partition coefficient (Wildman–Crippen LogP) is 2.06. The van der Waals surface area contributed by atoms with Crippen molar-refractivity contribution in [2.75, 3.05) is 0 Å². The second kappa shape index (κ2) is 2.75. The zero-order valence-electron chi connectivity index (χ0n) is 7.18. The van der Waals surface area contributed by atoms with E-state index in [-0.39, 0.29) is 0 Å². The summed E-state index contributed by atoms with van der Waals surface area (Å²) in [5, 5.41) is 0. The molecular formula is C8H9F3O2. The van der Waals surface area contributed by atoms with Gasteiger partial charge in [0.15, 0.2) is 0 Å². The quantitative estimate of drug-likeness (QED) is 0.597. The lowest BCUT2D eigenvalue weighted by atomic mass is 9.90. The van der Waals surface area contributed by atoms with Crippen molar-refractivity contribution in [3.63, 3.8) is 0 Å². The van der Waals surface area contributed by atoms with E-state index in [1.54, 1.807) is 0 Å². The number of hydrogen-bond acceptors (Lipinski definition) is 2. The maximum atomic E-state index is 12.5. The van der Waals surface area contributed by atoms with Crippen LogP contribution in [0.25, 0.3) is 0 Å². The second-order valence-corrected chi connectivity index (χ2v) is 3.20. The van der Waals surface area contributed by atoms with Crippen LogP contribution in [0.3, 0.4) is 0 Å². The molecule has 1 aliphatic rings. The molecule has 0 aliphatic carbocycles. The third-order valence-electron chi connectivity index (χ3n) is 2.04. The lowest BCUT2D eigenvalue weighted by Gasteiger charge is -2.32. The third-order valence-corrected chi connectivity index (χ3v) is 2.04. The minimum atomic E-state index is -4.55. The van der Waals surface area contributed by atoms with E-state index in [1.807, 2.05) is 0 Å². The van der Waals surface area contributed by atoms with Gasteiger partial charge in [-0.3, -0.25) is 0 Å². The number of ether oxygens (including phenoxy) is 1. The highest BCUT2D eigenvalue weighted by molar-refractivity contribution is 5.85. The fourth-order valence-corrected chi connectivity index (χ4v) is 1.22. The Morgan fingerprint density at radius 2 is 2.00 bits per heavy atom. The van der Waals surface area contributed by atoms with Gasteiger partial charge in [-0.15, -0.1) is 0 Å². The van der Waals surface area contributed by atoms with E-state index in [9.17, 15) is 18.0 Å². The van der Waals surface area contributed by atoms with Crippen LogP contribution in [0, 0.1) is 5.92 Å². The minimum Gasteiger partial charge on any atom is -0.442 e. The van der Waals surface area contributed by atoms with Crippen LogP contribution in [-0.2, 0) is 9.53 Å². The number of halogens is 3. The zero-order chi connectivity index (χ0) is 10.3. The summed E-state index contributed by atoms with van der Waals surface area (Å²) >= 11 is 0. The van der Waals surface area contributed by atoms with Crippen molar-refractivity contribution in [3.05, 3.63) is 12.2 Å². The van der Waals surface area contributed by atoms with Gasteiger partial charge in [0, 0.05) is 12.0 Å². The van der Waals surface area contributed by atoms with Crippen molar-refractivity contribution < 1.29 is 22.7 Å². The summed E-state index contributed by atoms with van der Waals surface area (Å²) in [4.78, 5) is 10.6. The van der Waals surface area contributed by atoms with Crippen molar-refractivity contribution >= 4 is 5.97 Å². The number of carbonyl (C=O) groups is 1. The Balaban J connectivity index is 3.05. The highest BCUT2D eigenvalue weighted by Gasteiger charge is 2.60. The summed E-state index contributed by atoms with van der Waals surface area (Å²) < 4.78 is 41.8. The second-order valence-electron chi connectivity index (χ2n) is 3.20. The first-order chi connectivity index (χ1) is 5.79. The predicted molar refractivity (Wildman–Crippen MR) is 38.9 cm³/mol. The Morgan fingerprint density at radius 3 is 2.15 bits per heavy atom. The molecule has 0 N–H and O–H groups in total. The fourth-order valence-electron chi connectivity index (χ4n) is 1.22. The van der Waals surface area contributed by atoms with Crippen LogP contribution < -0.4 is 0 Å². The van der Waals surface area contributed by atoms with Gasteiger partial charge in [0.25, 0.3) is 0 Å². The molecule has 13 heavy (non-hydrogen) atoms. The first-order valence-corrected chi connectivity index (χ1v) is 3.78. The topological polar surface area (TPSA) is 26.3 Å². The van der Waals surface area contributed by atoms with Crippen LogP contribution in [0.15, 0.2) is 12.2 Å². The Morgan fingerprint density at radius 1 is 1.46 bits per heavy atom. The van der Waals surface area contributed by atoms with Crippen molar-refractivity contribution in [2.24, 2.45) is 5.92 Å². The van der Waals surface area contributed by atoms with E-state index in [0.29, 0.717) is 0 Å². The van der Waals surface area contributed by atoms with Crippen LogP contribution in [-0.4, -0.2) is 17.7 Å². The van der Waals surface area contributed by atoms with Gasteiger partial charge in [-0.1, -0.05) is 13.8 Å². The number of esters is 1. The lowest BCUT2D eigenvalue weighted by molar-refractivity contribution is -0.258. The van der Waals surface area contributed by atoms with Crippen LogP contribution in [0.4, 0.5) is 13.2 Å². The average Bonchev–Trinajstić information content (AvgIpc) is 2.30. The first kappa shape index (κ1) is 10.1. The molecule has 0 aromatic rings. The smallest absolute Gasteiger partial charge is 0.432 e. The molecule has 0 fully saturated rings. The number of rotatable bonds is 1. The van der Waals surface area contributed by atoms with E-state index >= 15 is 0 Å². The molecule has 1 atom stereocenters. The molecule has 5 heteroatoms. The van der Waals surface area contributed by atoms with Gasteiger partial charge in [-0.2, -0.15) is 13.2 Å². The number of carbonyl (C=O) groups excluding carboxylic acids is 1.